The van der Waals surface area contributed by atoms with E-state index in [1.807, 2.05) is 35.7 Å². The lowest BCUT2D eigenvalue weighted by atomic mass is 10.2. The van der Waals surface area contributed by atoms with Crippen molar-refractivity contribution in [3.05, 3.63) is 35.9 Å². The Morgan fingerprint density at radius 3 is 2.55 bits per heavy atom. The van der Waals surface area contributed by atoms with Gasteiger partial charge in [0.25, 0.3) is 0 Å². The van der Waals surface area contributed by atoms with E-state index in [0.29, 0.717) is 0 Å². The van der Waals surface area contributed by atoms with Crippen LogP contribution in [-0.4, -0.2) is 0 Å². The van der Waals surface area contributed by atoms with Gasteiger partial charge in [0.1, 0.15) is 5.40 Å². The summed E-state index contributed by atoms with van der Waals surface area (Å²) in [5.41, 5.74) is 0.940. The third-order valence-corrected chi connectivity index (χ3v) is 1.36. The molecule has 11 heavy (non-hydrogen) atoms. The summed E-state index contributed by atoms with van der Waals surface area (Å²) in [6.45, 7) is 0. The molecular formula is C9H5NS. The van der Waals surface area contributed by atoms with E-state index in [9.17, 15) is 0 Å². The van der Waals surface area contributed by atoms with Gasteiger partial charge in [0.2, 0.25) is 0 Å². The van der Waals surface area contributed by atoms with Crippen LogP contribution in [0.4, 0.5) is 0 Å². The number of rotatable bonds is 0. The van der Waals surface area contributed by atoms with E-state index in [4.69, 9.17) is 5.26 Å². The van der Waals surface area contributed by atoms with Gasteiger partial charge in [-0.3, -0.25) is 0 Å². The van der Waals surface area contributed by atoms with E-state index >= 15 is 0 Å². The van der Waals surface area contributed by atoms with E-state index in [1.54, 1.807) is 0 Å². The Hall–Kier alpha value is -1.38. The normalized spacial score (nSPS) is 7.55. The standard InChI is InChI=1S/C9H5NS/c10-8-11-7-6-9-4-2-1-3-5-9/h1-5H. The van der Waals surface area contributed by atoms with Gasteiger partial charge in [-0.1, -0.05) is 24.1 Å². The first kappa shape index (κ1) is 7.72. The molecule has 0 atom stereocenters. The van der Waals surface area contributed by atoms with Gasteiger partial charge < -0.3 is 0 Å². The molecular weight excluding hydrogens is 154 g/mol. The first-order valence-electron chi connectivity index (χ1n) is 3.04. The van der Waals surface area contributed by atoms with E-state index in [2.05, 4.69) is 11.2 Å². The molecule has 0 heterocycles. The maximum absolute atomic E-state index is 8.15. The minimum absolute atomic E-state index is 0.940. The van der Waals surface area contributed by atoms with Crippen molar-refractivity contribution in [1.82, 2.24) is 0 Å². The van der Waals surface area contributed by atoms with Crippen molar-refractivity contribution >= 4 is 11.8 Å². The fourth-order valence-electron chi connectivity index (χ4n) is 0.629. The molecule has 0 aliphatic heterocycles. The largest absolute Gasteiger partial charge is 0.184 e. The van der Waals surface area contributed by atoms with Crippen molar-refractivity contribution in [2.75, 3.05) is 0 Å². The van der Waals surface area contributed by atoms with Crippen LogP contribution in [0.1, 0.15) is 5.56 Å². The Morgan fingerprint density at radius 1 is 1.18 bits per heavy atom. The number of hydrogen-bond donors (Lipinski definition) is 0. The Morgan fingerprint density at radius 2 is 1.91 bits per heavy atom. The fraction of sp³-hybridized carbons (Fsp3) is 0. The molecule has 2 heteroatoms. The number of nitriles is 1. The molecule has 0 aromatic heterocycles. The Kier molecular flexibility index (Phi) is 3.12. The number of thiocyanates is 1. The number of thioether (sulfide) groups is 1. The van der Waals surface area contributed by atoms with E-state index in [-0.39, 0.29) is 0 Å². The Balaban J connectivity index is 2.68. The average Bonchev–Trinajstić information content (AvgIpc) is 2.07. The van der Waals surface area contributed by atoms with Gasteiger partial charge in [-0.25, -0.2) is 0 Å². The first-order valence-corrected chi connectivity index (χ1v) is 3.86. The summed E-state index contributed by atoms with van der Waals surface area (Å²) in [7, 11) is 0. The highest BCUT2D eigenvalue weighted by molar-refractivity contribution is 8.08. The smallest absolute Gasteiger partial charge is 0.147 e. The van der Waals surface area contributed by atoms with Crippen molar-refractivity contribution < 1.29 is 0 Å². The van der Waals surface area contributed by atoms with Crippen molar-refractivity contribution in [2.45, 2.75) is 0 Å². The molecule has 0 bridgehead atoms. The van der Waals surface area contributed by atoms with Crippen LogP contribution >= 0.6 is 11.8 Å². The van der Waals surface area contributed by atoms with Crippen molar-refractivity contribution in [2.24, 2.45) is 0 Å². The molecule has 0 aliphatic carbocycles. The van der Waals surface area contributed by atoms with Crippen LogP contribution in [0.25, 0.3) is 0 Å². The summed E-state index contributed by atoms with van der Waals surface area (Å²) in [4.78, 5) is 0. The van der Waals surface area contributed by atoms with Gasteiger partial charge in [0, 0.05) is 17.3 Å². The lowest BCUT2D eigenvalue weighted by molar-refractivity contribution is 1.57. The number of nitrogens with zero attached hydrogens (tertiary/aromatic N) is 1. The topological polar surface area (TPSA) is 23.8 Å². The van der Waals surface area contributed by atoms with Crippen LogP contribution < -0.4 is 0 Å². The molecule has 1 rings (SSSR count). The molecule has 0 amide bonds. The molecule has 0 radical (unpaired) electrons. The molecule has 0 N–H and O–H groups in total. The van der Waals surface area contributed by atoms with Crippen LogP contribution in [0, 0.1) is 21.8 Å². The van der Waals surface area contributed by atoms with Crippen LogP contribution in [0.2, 0.25) is 0 Å². The lowest BCUT2D eigenvalue weighted by Crippen LogP contribution is -1.68. The Bertz CT molecular complexity index is 313. The van der Waals surface area contributed by atoms with Crippen molar-refractivity contribution in [3.8, 4) is 16.6 Å². The van der Waals surface area contributed by atoms with Crippen LogP contribution in [-0.2, 0) is 0 Å². The third kappa shape index (κ3) is 2.80. The molecule has 0 fully saturated rings. The molecule has 0 saturated carbocycles. The summed E-state index contributed by atoms with van der Waals surface area (Å²) in [6, 6.07) is 9.58. The lowest BCUT2D eigenvalue weighted by Gasteiger charge is -1.83. The van der Waals surface area contributed by atoms with E-state index in [0.717, 1.165) is 17.3 Å². The van der Waals surface area contributed by atoms with E-state index < -0.39 is 0 Å². The maximum atomic E-state index is 8.15. The summed E-state index contributed by atoms with van der Waals surface area (Å²) in [5.74, 6) is 2.84. The molecule has 1 aromatic rings. The minimum Gasteiger partial charge on any atom is -0.184 e. The zero-order chi connectivity index (χ0) is 7.94. The number of benzene rings is 1. The fourth-order valence-corrected chi connectivity index (χ4v) is 0.843. The second-order valence-electron chi connectivity index (χ2n) is 1.79. The summed E-state index contributed by atoms with van der Waals surface area (Å²) in [6.07, 6.45) is 0. The van der Waals surface area contributed by atoms with Gasteiger partial charge in [0.05, 0.1) is 0 Å². The average molecular weight is 159 g/mol. The van der Waals surface area contributed by atoms with Crippen LogP contribution in [0.5, 0.6) is 0 Å². The van der Waals surface area contributed by atoms with Crippen LogP contribution in [0.3, 0.4) is 0 Å². The quantitative estimate of drug-likeness (QED) is 0.428. The van der Waals surface area contributed by atoms with Gasteiger partial charge >= 0.3 is 0 Å². The van der Waals surface area contributed by atoms with Gasteiger partial charge in [-0.2, -0.15) is 5.26 Å². The van der Waals surface area contributed by atoms with Gasteiger partial charge in [-0.15, -0.1) is 0 Å². The summed E-state index contributed by atoms with van der Waals surface area (Å²) >= 11 is 0.947. The highest BCUT2D eigenvalue weighted by Gasteiger charge is 1.79. The maximum Gasteiger partial charge on any atom is 0.147 e. The highest BCUT2D eigenvalue weighted by Crippen LogP contribution is 1.97. The predicted octanol–water partition coefficient (Wildman–Crippen LogP) is 2.21. The minimum atomic E-state index is 0.940. The summed E-state index contributed by atoms with van der Waals surface area (Å²) in [5, 5.41) is 12.7. The van der Waals surface area contributed by atoms with E-state index in [1.165, 1.54) is 0 Å². The molecule has 0 aliphatic rings. The molecule has 1 nitrogen and oxygen atoms in total. The van der Waals surface area contributed by atoms with Gasteiger partial charge in [-0.05, 0) is 17.4 Å². The zero-order valence-electron chi connectivity index (χ0n) is 5.74. The molecule has 0 spiro atoms. The van der Waals surface area contributed by atoms with Crippen molar-refractivity contribution in [3.63, 3.8) is 0 Å². The van der Waals surface area contributed by atoms with Crippen molar-refractivity contribution in [1.29, 1.82) is 5.26 Å². The van der Waals surface area contributed by atoms with Gasteiger partial charge in [0.15, 0.2) is 0 Å². The second kappa shape index (κ2) is 4.44. The Labute approximate surface area is 70.0 Å². The molecule has 0 saturated heterocycles. The molecule has 1 aromatic carbocycles. The second-order valence-corrected chi connectivity index (χ2v) is 2.38. The third-order valence-electron chi connectivity index (χ3n) is 1.07. The summed E-state index contributed by atoms with van der Waals surface area (Å²) < 4.78 is 0. The zero-order valence-corrected chi connectivity index (χ0v) is 6.56. The predicted molar refractivity (Wildman–Crippen MR) is 46.5 cm³/mol. The SMILES string of the molecule is N#CSC#Cc1ccccc1. The number of hydrogen-bond acceptors (Lipinski definition) is 2. The monoisotopic (exact) mass is 159 g/mol. The first-order chi connectivity index (χ1) is 5.43. The molecule has 52 valence electrons. The molecule has 0 unspecified atom stereocenters. The van der Waals surface area contributed by atoms with Crippen LogP contribution in [0.15, 0.2) is 30.3 Å². The highest BCUT2D eigenvalue weighted by atomic mass is 32.2.